The largest absolute Gasteiger partial charge is 0.508 e. The van der Waals surface area contributed by atoms with Crippen molar-refractivity contribution < 1.29 is 19.7 Å². The fourth-order valence-corrected chi connectivity index (χ4v) is 4.04. The molecular formula is C26H25ClINO4. The number of rotatable bonds is 11. The Balaban J connectivity index is 1.94. The van der Waals surface area contributed by atoms with Gasteiger partial charge in [-0.05, 0) is 78.4 Å². The van der Waals surface area contributed by atoms with Crippen LogP contribution in [0.25, 0.3) is 5.70 Å². The quantitative estimate of drug-likeness (QED) is 0.0970. The number of aliphatic hydroxyl groups is 1. The molecule has 33 heavy (non-hydrogen) atoms. The van der Waals surface area contributed by atoms with Crippen LogP contribution in [0.4, 0.5) is 0 Å². The van der Waals surface area contributed by atoms with Crippen LogP contribution < -0.4 is 4.74 Å². The number of hydrogen-bond acceptors (Lipinski definition) is 4. The molecule has 0 atom stereocenters. The highest BCUT2D eigenvalue weighted by atomic mass is 127. The Morgan fingerprint density at radius 2 is 1.91 bits per heavy atom. The molecule has 0 spiro atoms. The van der Waals surface area contributed by atoms with Gasteiger partial charge in [-0.2, -0.15) is 0 Å². The van der Waals surface area contributed by atoms with Crippen molar-refractivity contribution in [2.45, 2.75) is 23.7 Å². The lowest BCUT2D eigenvalue weighted by atomic mass is 9.99. The molecule has 7 heteroatoms. The summed E-state index contributed by atoms with van der Waals surface area (Å²) in [6.07, 6.45) is 5.52. The molecule has 1 aliphatic carbocycles. The maximum absolute atomic E-state index is 11.8. The maximum Gasteiger partial charge on any atom is 0.336 e. The SMILES string of the molecule is C=C/C(O)=C/C/C(=N\C(=C)c1ccc(OCC2CC2)cc1)c1cc(C(=O)O)c(CI)cc1Cl. The number of halogens is 2. The number of allylic oxidation sites excluding steroid dienone is 2. The monoisotopic (exact) mass is 577 g/mol. The van der Waals surface area contributed by atoms with Crippen molar-refractivity contribution >= 4 is 51.6 Å². The van der Waals surface area contributed by atoms with Gasteiger partial charge in [0.1, 0.15) is 11.5 Å². The number of aromatic carboxylic acids is 1. The molecule has 0 amide bonds. The van der Waals surface area contributed by atoms with E-state index in [1.165, 1.54) is 31.1 Å². The normalized spacial score (nSPS) is 14.1. The average molecular weight is 578 g/mol. The third kappa shape index (κ3) is 6.95. The van der Waals surface area contributed by atoms with Crippen LogP contribution in [0.1, 0.15) is 46.3 Å². The Kier molecular flexibility index (Phi) is 8.74. The second-order valence-corrected chi connectivity index (χ2v) is 8.92. The first-order valence-electron chi connectivity index (χ1n) is 10.5. The van der Waals surface area contributed by atoms with Crippen LogP contribution in [0.5, 0.6) is 5.75 Å². The van der Waals surface area contributed by atoms with Gasteiger partial charge in [-0.1, -0.05) is 47.3 Å². The molecule has 0 heterocycles. The van der Waals surface area contributed by atoms with Gasteiger partial charge in [0.2, 0.25) is 0 Å². The van der Waals surface area contributed by atoms with E-state index in [0.717, 1.165) is 17.9 Å². The summed E-state index contributed by atoms with van der Waals surface area (Å²) in [6.45, 7) is 8.36. The molecule has 2 aromatic rings. The highest BCUT2D eigenvalue weighted by molar-refractivity contribution is 14.1. The summed E-state index contributed by atoms with van der Waals surface area (Å²) < 4.78 is 6.29. The van der Waals surface area contributed by atoms with Gasteiger partial charge in [-0.3, -0.25) is 4.99 Å². The van der Waals surface area contributed by atoms with Crippen molar-refractivity contribution in [1.29, 1.82) is 0 Å². The molecule has 2 aromatic carbocycles. The number of carbonyl (C=O) groups is 1. The van der Waals surface area contributed by atoms with Crippen LogP contribution in [0.15, 0.2) is 72.5 Å². The Labute approximate surface area is 212 Å². The van der Waals surface area contributed by atoms with E-state index in [0.29, 0.717) is 37.9 Å². The Morgan fingerprint density at radius 3 is 2.48 bits per heavy atom. The van der Waals surface area contributed by atoms with Gasteiger partial charge in [0.25, 0.3) is 0 Å². The molecule has 5 nitrogen and oxygen atoms in total. The minimum atomic E-state index is -1.04. The maximum atomic E-state index is 11.8. The first kappa shape index (κ1) is 25.1. The second kappa shape index (κ2) is 11.5. The summed E-state index contributed by atoms with van der Waals surface area (Å²) >= 11 is 8.62. The summed E-state index contributed by atoms with van der Waals surface area (Å²) in [5.41, 5.74) is 3.02. The fraction of sp³-hybridized carbons (Fsp3) is 0.231. The predicted molar refractivity (Wildman–Crippen MR) is 142 cm³/mol. The third-order valence-electron chi connectivity index (χ3n) is 5.23. The van der Waals surface area contributed by atoms with Crippen molar-refractivity contribution in [3.63, 3.8) is 0 Å². The summed E-state index contributed by atoms with van der Waals surface area (Å²) in [5, 5.41) is 19.9. The van der Waals surface area contributed by atoms with E-state index in [4.69, 9.17) is 16.3 Å². The molecule has 0 aromatic heterocycles. The van der Waals surface area contributed by atoms with Crippen molar-refractivity contribution in [2.24, 2.45) is 10.9 Å². The minimum absolute atomic E-state index is 0.0102. The number of benzene rings is 2. The van der Waals surface area contributed by atoms with Crippen molar-refractivity contribution in [1.82, 2.24) is 0 Å². The van der Waals surface area contributed by atoms with Gasteiger partial charge >= 0.3 is 5.97 Å². The van der Waals surface area contributed by atoms with E-state index in [1.807, 2.05) is 24.3 Å². The zero-order valence-corrected chi connectivity index (χ0v) is 21.0. The molecule has 172 valence electrons. The highest BCUT2D eigenvalue weighted by Gasteiger charge is 2.22. The topological polar surface area (TPSA) is 79.1 Å². The lowest BCUT2D eigenvalue weighted by Gasteiger charge is -2.13. The minimum Gasteiger partial charge on any atom is -0.508 e. The average Bonchev–Trinajstić information content (AvgIpc) is 3.64. The standard InChI is InChI=1S/C26H25ClINO4/c1-3-20(30)8-11-25(23-13-22(26(31)32)19(14-28)12-24(23)27)29-16(2)18-6-9-21(10-7-18)33-15-17-4-5-17/h3,6-10,12-13,17,30H,1-2,4-5,11,14-15H2,(H,31,32)/b20-8-,29-25+. The first-order chi connectivity index (χ1) is 15.8. The zero-order chi connectivity index (χ0) is 24.0. The number of ether oxygens (including phenoxy) is 1. The van der Waals surface area contributed by atoms with Crippen LogP contribution in [0.3, 0.4) is 0 Å². The zero-order valence-electron chi connectivity index (χ0n) is 18.1. The molecule has 1 saturated carbocycles. The van der Waals surface area contributed by atoms with Gasteiger partial charge in [0.15, 0.2) is 0 Å². The number of hydrogen-bond donors (Lipinski definition) is 2. The summed E-state index contributed by atoms with van der Waals surface area (Å²) in [5.74, 6) is 0.420. The Hall–Kier alpha value is -2.58. The predicted octanol–water partition coefficient (Wildman–Crippen LogP) is 7.24. The van der Waals surface area contributed by atoms with E-state index in [-0.39, 0.29) is 17.7 Å². The van der Waals surface area contributed by atoms with E-state index in [1.54, 1.807) is 6.07 Å². The number of carboxylic acids is 1. The first-order valence-corrected chi connectivity index (χ1v) is 12.4. The van der Waals surface area contributed by atoms with Crippen LogP contribution in [-0.2, 0) is 4.43 Å². The second-order valence-electron chi connectivity index (χ2n) is 7.75. The molecule has 1 fully saturated rings. The molecule has 0 unspecified atom stereocenters. The summed E-state index contributed by atoms with van der Waals surface area (Å²) in [7, 11) is 0. The number of carboxylic acid groups (broad SMARTS) is 1. The van der Waals surface area contributed by atoms with Crippen molar-refractivity contribution in [2.75, 3.05) is 6.61 Å². The molecular weight excluding hydrogens is 553 g/mol. The van der Waals surface area contributed by atoms with Crippen LogP contribution >= 0.6 is 34.2 Å². The van der Waals surface area contributed by atoms with Crippen molar-refractivity contribution in [3.05, 3.63) is 94.7 Å². The molecule has 3 rings (SSSR count). The van der Waals surface area contributed by atoms with Crippen molar-refractivity contribution in [3.8, 4) is 5.75 Å². The number of aliphatic imine (C=N–C) groups is 1. The van der Waals surface area contributed by atoms with E-state index < -0.39 is 5.97 Å². The smallest absolute Gasteiger partial charge is 0.336 e. The molecule has 2 N–H and O–H groups in total. The molecule has 0 radical (unpaired) electrons. The molecule has 0 aliphatic heterocycles. The Morgan fingerprint density at radius 1 is 1.21 bits per heavy atom. The van der Waals surface area contributed by atoms with Gasteiger partial charge in [0.05, 0.1) is 23.6 Å². The van der Waals surface area contributed by atoms with Crippen LogP contribution in [-0.4, -0.2) is 28.5 Å². The Bertz CT molecular complexity index is 1120. The van der Waals surface area contributed by atoms with Gasteiger partial charge < -0.3 is 14.9 Å². The lowest BCUT2D eigenvalue weighted by molar-refractivity contribution is 0.0696. The molecule has 1 aliphatic rings. The van der Waals surface area contributed by atoms with E-state index >= 15 is 0 Å². The van der Waals surface area contributed by atoms with Gasteiger partial charge in [-0.25, -0.2) is 4.79 Å². The fourth-order valence-electron chi connectivity index (χ4n) is 3.12. The van der Waals surface area contributed by atoms with Gasteiger partial charge in [0, 0.05) is 21.4 Å². The number of aliphatic hydroxyl groups excluding tert-OH is 1. The van der Waals surface area contributed by atoms with Crippen LogP contribution in [0, 0.1) is 5.92 Å². The summed E-state index contributed by atoms with van der Waals surface area (Å²) in [6, 6.07) is 10.7. The van der Waals surface area contributed by atoms with E-state index in [2.05, 4.69) is 40.7 Å². The van der Waals surface area contributed by atoms with Crippen LogP contribution in [0.2, 0.25) is 5.02 Å². The number of alkyl halides is 1. The lowest BCUT2D eigenvalue weighted by Crippen LogP contribution is -2.08. The summed E-state index contributed by atoms with van der Waals surface area (Å²) in [4.78, 5) is 16.4. The number of nitrogens with zero attached hydrogens (tertiary/aromatic N) is 1. The van der Waals surface area contributed by atoms with Gasteiger partial charge in [-0.15, -0.1) is 0 Å². The molecule has 0 bridgehead atoms. The van der Waals surface area contributed by atoms with E-state index in [9.17, 15) is 15.0 Å². The third-order valence-corrected chi connectivity index (χ3v) is 6.37. The molecule has 0 saturated heterocycles. The highest BCUT2D eigenvalue weighted by Crippen LogP contribution is 2.30.